The average molecular weight is 397 g/mol. The van der Waals surface area contributed by atoms with E-state index in [1.807, 2.05) is 50.6 Å². The van der Waals surface area contributed by atoms with Crippen molar-refractivity contribution < 1.29 is 13.9 Å². The van der Waals surface area contributed by atoms with Gasteiger partial charge in [0.1, 0.15) is 11.3 Å². The van der Waals surface area contributed by atoms with E-state index in [0.29, 0.717) is 19.7 Å². The lowest BCUT2D eigenvalue weighted by Gasteiger charge is -2.38. The highest BCUT2D eigenvalue weighted by Gasteiger charge is 2.32. The number of carbonyl (C=O) groups excluding carboxylic acids is 1. The summed E-state index contributed by atoms with van der Waals surface area (Å²) in [5, 5.41) is 11.2. The van der Waals surface area contributed by atoms with E-state index in [4.69, 9.17) is 9.15 Å². The predicted molar refractivity (Wildman–Crippen MR) is 110 cm³/mol. The smallest absolute Gasteiger partial charge is 0.315 e. The molecule has 154 valence electrons. The van der Waals surface area contributed by atoms with Crippen molar-refractivity contribution in [3.63, 3.8) is 0 Å². The van der Waals surface area contributed by atoms with Gasteiger partial charge in [-0.15, -0.1) is 0 Å². The normalized spacial score (nSPS) is 20.1. The summed E-state index contributed by atoms with van der Waals surface area (Å²) in [6.07, 6.45) is 3.71. The molecular formula is C21H27N5O3. The standard InChI is InChI=1S/C21H27N5O3/c1-14-16-6-4-5-7-17(16)29-18(14)11-22-21(27)23-12-19-20(25(2)8-9-28-19)15-10-24-26(3)13-15/h4-7,10,13,19-20H,8-9,11-12H2,1-3H3,(H2,22,23,27)/t19-,20-/m0/s1. The molecule has 2 amide bonds. The van der Waals surface area contributed by atoms with Crippen molar-refractivity contribution in [1.29, 1.82) is 0 Å². The Morgan fingerprint density at radius 3 is 2.86 bits per heavy atom. The Hall–Kier alpha value is -2.84. The molecule has 0 bridgehead atoms. The predicted octanol–water partition coefficient (Wildman–Crippen LogP) is 2.35. The highest BCUT2D eigenvalue weighted by molar-refractivity contribution is 5.82. The Labute approximate surface area is 169 Å². The second kappa shape index (κ2) is 8.26. The number of fused-ring (bicyclic) bond motifs is 1. The lowest BCUT2D eigenvalue weighted by Crippen LogP contribution is -2.49. The van der Waals surface area contributed by atoms with Crippen LogP contribution < -0.4 is 10.6 Å². The number of likely N-dealkylation sites (N-methyl/N-ethyl adjacent to an activating group) is 1. The topological polar surface area (TPSA) is 84.6 Å². The summed E-state index contributed by atoms with van der Waals surface area (Å²) >= 11 is 0. The van der Waals surface area contributed by atoms with Crippen molar-refractivity contribution in [2.45, 2.75) is 25.6 Å². The number of nitrogens with zero attached hydrogens (tertiary/aromatic N) is 3. The molecule has 3 aromatic rings. The Bertz CT molecular complexity index is 995. The van der Waals surface area contributed by atoms with E-state index in [-0.39, 0.29) is 18.2 Å². The van der Waals surface area contributed by atoms with Crippen molar-refractivity contribution in [3.05, 3.63) is 53.5 Å². The number of rotatable bonds is 5. The lowest BCUT2D eigenvalue weighted by molar-refractivity contribution is -0.0601. The quantitative estimate of drug-likeness (QED) is 0.690. The fourth-order valence-electron chi connectivity index (χ4n) is 3.90. The average Bonchev–Trinajstić information content (AvgIpc) is 3.28. The number of carbonyl (C=O) groups is 1. The third kappa shape index (κ3) is 4.13. The van der Waals surface area contributed by atoms with E-state index < -0.39 is 0 Å². The second-order valence-corrected chi connectivity index (χ2v) is 7.49. The van der Waals surface area contributed by atoms with Gasteiger partial charge in [-0.05, 0) is 20.0 Å². The van der Waals surface area contributed by atoms with Crippen LogP contribution in [-0.4, -0.2) is 53.6 Å². The number of para-hydroxylation sites is 1. The van der Waals surface area contributed by atoms with Crippen LogP contribution in [0.5, 0.6) is 0 Å². The molecule has 2 aromatic heterocycles. The number of hydrogen-bond donors (Lipinski definition) is 2. The SMILES string of the molecule is Cc1c(CNC(=O)NC[C@@H]2OCCN(C)[C@H]2c2cnn(C)c2)oc2ccccc12. The zero-order chi connectivity index (χ0) is 20.4. The van der Waals surface area contributed by atoms with Crippen molar-refractivity contribution in [1.82, 2.24) is 25.3 Å². The van der Waals surface area contributed by atoms with Crippen molar-refractivity contribution in [2.24, 2.45) is 7.05 Å². The fraction of sp³-hybridized carbons (Fsp3) is 0.429. The van der Waals surface area contributed by atoms with Crippen LogP contribution in [0.25, 0.3) is 11.0 Å². The van der Waals surface area contributed by atoms with Crippen LogP contribution in [0, 0.1) is 6.92 Å². The van der Waals surface area contributed by atoms with Crippen LogP contribution >= 0.6 is 0 Å². The molecule has 4 rings (SSSR count). The van der Waals surface area contributed by atoms with Crippen LogP contribution in [0.4, 0.5) is 4.79 Å². The third-order valence-corrected chi connectivity index (χ3v) is 5.49. The third-order valence-electron chi connectivity index (χ3n) is 5.49. The van der Waals surface area contributed by atoms with Gasteiger partial charge >= 0.3 is 6.03 Å². The van der Waals surface area contributed by atoms with Crippen LogP contribution in [0.1, 0.15) is 22.9 Å². The first-order chi connectivity index (χ1) is 14.0. The highest BCUT2D eigenvalue weighted by Crippen LogP contribution is 2.28. The van der Waals surface area contributed by atoms with E-state index in [1.54, 1.807) is 4.68 Å². The first-order valence-electron chi connectivity index (χ1n) is 9.82. The van der Waals surface area contributed by atoms with Gasteiger partial charge in [0, 0.05) is 42.8 Å². The molecule has 2 N–H and O–H groups in total. The van der Waals surface area contributed by atoms with E-state index in [0.717, 1.165) is 34.4 Å². The molecule has 8 nitrogen and oxygen atoms in total. The van der Waals surface area contributed by atoms with Gasteiger partial charge in [-0.1, -0.05) is 18.2 Å². The minimum atomic E-state index is -0.244. The minimum absolute atomic E-state index is 0.0513. The summed E-state index contributed by atoms with van der Waals surface area (Å²) in [7, 11) is 3.96. The van der Waals surface area contributed by atoms with Crippen LogP contribution in [-0.2, 0) is 18.3 Å². The summed E-state index contributed by atoms with van der Waals surface area (Å²) in [6.45, 7) is 4.23. The molecule has 2 atom stereocenters. The van der Waals surface area contributed by atoms with Crippen LogP contribution in [0.2, 0.25) is 0 Å². The fourth-order valence-corrected chi connectivity index (χ4v) is 3.90. The molecular weight excluding hydrogens is 370 g/mol. The summed E-state index contributed by atoms with van der Waals surface area (Å²) in [5.74, 6) is 0.767. The molecule has 8 heteroatoms. The molecule has 0 aliphatic carbocycles. The highest BCUT2D eigenvalue weighted by atomic mass is 16.5. The molecule has 0 unspecified atom stereocenters. The van der Waals surface area contributed by atoms with Crippen molar-refractivity contribution in [3.8, 4) is 0 Å². The number of nitrogens with one attached hydrogen (secondary N) is 2. The Morgan fingerprint density at radius 1 is 1.28 bits per heavy atom. The lowest BCUT2D eigenvalue weighted by atomic mass is 10.0. The van der Waals surface area contributed by atoms with Gasteiger partial charge in [0.2, 0.25) is 0 Å². The molecule has 1 aromatic carbocycles. The number of amides is 2. The van der Waals surface area contributed by atoms with E-state index >= 15 is 0 Å². The molecule has 3 heterocycles. The molecule has 1 aliphatic heterocycles. The molecule has 1 saturated heterocycles. The Morgan fingerprint density at radius 2 is 2.10 bits per heavy atom. The molecule has 29 heavy (non-hydrogen) atoms. The molecule has 0 radical (unpaired) electrons. The number of hydrogen-bond acceptors (Lipinski definition) is 5. The maximum atomic E-state index is 12.4. The van der Waals surface area contributed by atoms with E-state index in [2.05, 4.69) is 27.7 Å². The molecule has 1 aliphatic rings. The number of aromatic nitrogens is 2. The van der Waals surface area contributed by atoms with Gasteiger partial charge in [0.05, 0.1) is 31.5 Å². The van der Waals surface area contributed by atoms with Crippen molar-refractivity contribution in [2.75, 3.05) is 26.7 Å². The number of furan rings is 1. The molecule has 0 saturated carbocycles. The van der Waals surface area contributed by atoms with Gasteiger partial charge in [-0.2, -0.15) is 5.10 Å². The van der Waals surface area contributed by atoms with Gasteiger partial charge in [0.25, 0.3) is 0 Å². The van der Waals surface area contributed by atoms with Crippen LogP contribution in [0.15, 0.2) is 41.1 Å². The summed E-state index contributed by atoms with van der Waals surface area (Å²) in [6, 6.07) is 7.68. The van der Waals surface area contributed by atoms with Crippen LogP contribution in [0.3, 0.4) is 0 Å². The number of urea groups is 1. The van der Waals surface area contributed by atoms with Gasteiger partial charge in [0.15, 0.2) is 0 Å². The van der Waals surface area contributed by atoms with E-state index in [1.165, 1.54) is 0 Å². The summed E-state index contributed by atoms with van der Waals surface area (Å²) in [5.41, 5.74) is 2.97. The van der Waals surface area contributed by atoms with E-state index in [9.17, 15) is 4.79 Å². The monoisotopic (exact) mass is 397 g/mol. The largest absolute Gasteiger partial charge is 0.459 e. The summed E-state index contributed by atoms with van der Waals surface area (Å²) < 4.78 is 13.6. The maximum absolute atomic E-state index is 12.4. The number of aryl methyl sites for hydroxylation is 2. The second-order valence-electron chi connectivity index (χ2n) is 7.49. The summed E-state index contributed by atoms with van der Waals surface area (Å²) in [4.78, 5) is 14.6. The zero-order valence-electron chi connectivity index (χ0n) is 17.0. The maximum Gasteiger partial charge on any atom is 0.315 e. The first kappa shape index (κ1) is 19.5. The minimum Gasteiger partial charge on any atom is -0.459 e. The molecule has 1 fully saturated rings. The number of ether oxygens (including phenoxy) is 1. The van der Waals surface area contributed by atoms with Gasteiger partial charge < -0.3 is 19.8 Å². The number of benzene rings is 1. The molecule has 0 spiro atoms. The first-order valence-corrected chi connectivity index (χ1v) is 9.82. The van der Waals surface area contributed by atoms with Crippen molar-refractivity contribution >= 4 is 17.0 Å². The van der Waals surface area contributed by atoms with Gasteiger partial charge in [-0.3, -0.25) is 9.58 Å². The number of morpholine rings is 1. The Kier molecular flexibility index (Phi) is 5.55. The Balaban J connectivity index is 1.35. The zero-order valence-corrected chi connectivity index (χ0v) is 17.0. The van der Waals surface area contributed by atoms with Gasteiger partial charge in [-0.25, -0.2) is 4.79 Å².